The van der Waals surface area contributed by atoms with Crippen molar-refractivity contribution in [1.82, 2.24) is 19.3 Å². The standard InChI is InChI=1S/C19H14ClF5N6O2/c1-30-12(10-7-31(13-5-18(13,21)22)29-14(10)19(23,24)25)6-27-16(30)17(33)28-8-2-3-9(15(26)32)11(20)4-8/h2-4,6-7,13H,5H2,1H3,(H2,26,32)(H,28,33). The van der Waals surface area contributed by atoms with Crippen LogP contribution in [-0.4, -0.2) is 37.1 Å². The van der Waals surface area contributed by atoms with Crippen molar-refractivity contribution in [2.24, 2.45) is 12.8 Å². The molecule has 0 spiro atoms. The second-order valence-electron chi connectivity index (χ2n) is 7.39. The molecule has 1 fully saturated rings. The molecule has 0 bridgehead atoms. The summed E-state index contributed by atoms with van der Waals surface area (Å²) in [7, 11) is 1.30. The lowest BCUT2D eigenvalue weighted by molar-refractivity contribution is -0.141. The van der Waals surface area contributed by atoms with Crippen LogP contribution in [0.25, 0.3) is 11.3 Å². The van der Waals surface area contributed by atoms with Gasteiger partial charge in [0, 0.05) is 25.4 Å². The van der Waals surface area contributed by atoms with Gasteiger partial charge in [-0.1, -0.05) is 11.6 Å². The van der Waals surface area contributed by atoms with Gasteiger partial charge in [-0.3, -0.25) is 14.3 Å². The fourth-order valence-electron chi connectivity index (χ4n) is 3.28. The largest absolute Gasteiger partial charge is 0.435 e. The number of benzene rings is 1. The first-order valence-corrected chi connectivity index (χ1v) is 9.64. The van der Waals surface area contributed by atoms with Gasteiger partial charge in [0.05, 0.1) is 28.0 Å². The first-order valence-electron chi connectivity index (χ1n) is 9.26. The Kier molecular flexibility index (Phi) is 5.19. The Morgan fingerprint density at radius 2 is 1.97 bits per heavy atom. The van der Waals surface area contributed by atoms with Crippen LogP contribution in [-0.2, 0) is 13.2 Å². The number of nitrogens with one attached hydrogen (secondary N) is 1. The Bertz CT molecular complexity index is 1280. The van der Waals surface area contributed by atoms with Crippen LogP contribution in [0.4, 0.5) is 27.6 Å². The molecule has 3 N–H and O–H groups in total. The lowest BCUT2D eigenvalue weighted by Crippen LogP contribution is -2.18. The van der Waals surface area contributed by atoms with E-state index in [1.807, 2.05) is 0 Å². The molecular weight excluding hydrogens is 475 g/mol. The van der Waals surface area contributed by atoms with Gasteiger partial charge < -0.3 is 15.6 Å². The molecule has 0 saturated heterocycles. The third kappa shape index (κ3) is 4.15. The molecule has 1 aromatic carbocycles. The number of aromatic nitrogens is 4. The molecule has 0 radical (unpaired) electrons. The summed E-state index contributed by atoms with van der Waals surface area (Å²) in [4.78, 5) is 27.7. The monoisotopic (exact) mass is 488 g/mol. The number of anilines is 1. The molecular formula is C19H14ClF5N6O2. The smallest absolute Gasteiger partial charge is 0.366 e. The number of hydrogen-bond donors (Lipinski definition) is 2. The van der Waals surface area contributed by atoms with Crippen molar-refractivity contribution in [3.63, 3.8) is 0 Å². The van der Waals surface area contributed by atoms with Crippen LogP contribution < -0.4 is 11.1 Å². The summed E-state index contributed by atoms with van der Waals surface area (Å²) in [6.45, 7) is 0. The van der Waals surface area contributed by atoms with Crippen LogP contribution in [0.15, 0.2) is 30.6 Å². The number of imidazole rings is 1. The summed E-state index contributed by atoms with van der Waals surface area (Å²) in [5, 5.41) is 5.77. The molecule has 8 nitrogen and oxygen atoms in total. The molecule has 174 valence electrons. The Morgan fingerprint density at radius 1 is 1.30 bits per heavy atom. The van der Waals surface area contributed by atoms with Crippen molar-refractivity contribution < 1.29 is 31.5 Å². The summed E-state index contributed by atoms with van der Waals surface area (Å²) in [6, 6.07) is 2.46. The van der Waals surface area contributed by atoms with E-state index in [9.17, 15) is 31.5 Å². The number of carbonyl (C=O) groups is 2. The number of nitrogens with two attached hydrogens (primary N) is 1. The molecule has 4 rings (SSSR count). The van der Waals surface area contributed by atoms with Gasteiger partial charge in [0.2, 0.25) is 5.91 Å². The van der Waals surface area contributed by atoms with Crippen LogP contribution in [0.5, 0.6) is 0 Å². The van der Waals surface area contributed by atoms with E-state index in [0.29, 0.717) is 4.68 Å². The van der Waals surface area contributed by atoms with Gasteiger partial charge >= 0.3 is 6.18 Å². The molecule has 1 aliphatic rings. The first-order chi connectivity index (χ1) is 15.3. The molecule has 0 aliphatic heterocycles. The molecule has 33 heavy (non-hydrogen) atoms. The number of amides is 2. The van der Waals surface area contributed by atoms with Crippen molar-refractivity contribution in [1.29, 1.82) is 0 Å². The normalized spacial score (nSPS) is 17.1. The summed E-state index contributed by atoms with van der Waals surface area (Å²) < 4.78 is 69.0. The highest BCUT2D eigenvalue weighted by atomic mass is 35.5. The van der Waals surface area contributed by atoms with E-state index in [2.05, 4.69) is 15.4 Å². The second-order valence-corrected chi connectivity index (χ2v) is 7.80. The average Bonchev–Trinajstić information content (AvgIpc) is 3.04. The number of rotatable bonds is 5. The maximum absolute atomic E-state index is 13.5. The van der Waals surface area contributed by atoms with Crippen molar-refractivity contribution in [2.45, 2.75) is 24.6 Å². The van der Waals surface area contributed by atoms with E-state index in [0.717, 1.165) is 17.0 Å². The molecule has 14 heteroatoms. The lowest BCUT2D eigenvalue weighted by Gasteiger charge is -2.09. The van der Waals surface area contributed by atoms with Crippen LogP contribution in [0.2, 0.25) is 5.02 Å². The third-order valence-corrected chi connectivity index (χ3v) is 5.39. The van der Waals surface area contributed by atoms with Gasteiger partial charge in [0.15, 0.2) is 11.5 Å². The zero-order valence-electron chi connectivity index (χ0n) is 16.6. The molecule has 1 aliphatic carbocycles. The molecule has 2 heterocycles. The van der Waals surface area contributed by atoms with E-state index in [-0.39, 0.29) is 27.8 Å². The SMILES string of the molecule is Cn1c(-c2cn(C3CC3(F)F)nc2C(F)(F)F)cnc1C(=O)Nc1ccc(C(N)=O)c(Cl)c1. The van der Waals surface area contributed by atoms with Crippen molar-refractivity contribution in [3.8, 4) is 11.3 Å². The van der Waals surface area contributed by atoms with Gasteiger partial charge in [-0.15, -0.1) is 0 Å². The highest BCUT2D eigenvalue weighted by molar-refractivity contribution is 6.34. The molecule has 1 saturated carbocycles. The maximum Gasteiger partial charge on any atom is 0.435 e. The van der Waals surface area contributed by atoms with Crippen LogP contribution in [0, 0.1) is 0 Å². The van der Waals surface area contributed by atoms with Crippen LogP contribution >= 0.6 is 11.6 Å². The van der Waals surface area contributed by atoms with Crippen molar-refractivity contribution >= 4 is 29.1 Å². The highest BCUT2D eigenvalue weighted by Crippen LogP contribution is 2.53. The predicted octanol–water partition coefficient (Wildman–Crippen LogP) is 3.89. The molecule has 1 unspecified atom stereocenters. The molecule has 2 aromatic heterocycles. The predicted molar refractivity (Wildman–Crippen MR) is 106 cm³/mol. The Morgan fingerprint density at radius 3 is 2.52 bits per heavy atom. The van der Waals surface area contributed by atoms with E-state index in [1.165, 1.54) is 25.2 Å². The quantitative estimate of drug-likeness (QED) is 0.531. The first kappa shape index (κ1) is 22.7. The summed E-state index contributed by atoms with van der Waals surface area (Å²) in [5.74, 6) is -4.95. The third-order valence-electron chi connectivity index (χ3n) is 5.07. The number of carbonyl (C=O) groups excluding carboxylic acids is 2. The number of alkyl halides is 5. The van der Waals surface area contributed by atoms with E-state index in [1.54, 1.807) is 0 Å². The summed E-state index contributed by atoms with van der Waals surface area (Å²) in [6.07, 6.45) is -3.65. The molecule has 3 aromatic rings. The number of primary amides is 1. The van der Waals surface area contributed by atoms with Crippen molar-refractivity contribution in [2.75, 3.05) is 5.32 Å². The number of halogens is 6. The number of nitrogens with zero attached hydrogens (tertiary/aromatic N) is 4. The topological polar surface area (TPSA) is 108 Å². The van der Waals surface area contributed by atoms with E-state index in [4.69, 9.17) is 17.3 Å². The fourth-order valence-corrected chi connectivity index (χ4v) is 3.56. The highest BCUT2D eigenvalue weighted by Gasteiger charge is 2.59. The zero-order valence-corrected chi connectivity index (χ0v) is 17.4. The molecule has 1 atom stereocenters. The maximum atomic E-state index is 13.5. The summed E-state index contributed by atoms with van der Waals surface area (Å²) >= 11 is 5.94. The Labute approximate surface area is 187 Å². The number of hydrogen-bond acceptors (Lipinski definition) is 4. The summed E-state index contributed by atoms with van der Waals surface area (Å²) in [5.41, 5.74) is 3.37. The average molecular weight is 489 g/mol. The van der Waals surface area contributed by atoms with E-state index >= 15 is 0 Å². The van der Waals surface area contributed by atoms with Crippen LogP contribution in [0.1, 0.15) is 39.1 Å². The minimum absolute atomic E-state index is 0.0139. The van der Waals surface area contributed by atoms with E-state index < -0.39 is 47.6 Å². The van der Waals surface area contributed by atoms with Gasteiger partial charge in [-0.25, -0.2) is 13.8 Å². The minimum atomic E-state index is -4.92. The minimum Gasteiger partial charge on any atom is -0.366 e. The van der Waals surface area contributed by atoms with Crippen molar-refractivity contribution in [3.05, 3.63) is 52.7 Å². The van der Waals surface area contributed by atoms with Gasteiger partial charge in [0.25, 0.3) is 11.8 Å². The molecule has 2 amide bonds. The zero-order chi connectivity index (χ0) is 24.3. The second kappa shape index (κ2) is 7.54. The van der Waals surface area contributed by atoms with Crippen LogP contribution in [0.3, 0.4) is 0 Å². The lowest BCUT2D eigenvalue weighted by atomic mass is 10.2. The van der Waals surface area contributed by atoms with Gasteiger partial charge in [-0.2, -0.15) is 18.3 Å². The van der Waals surface area contributed by atoms with Gasteiger partial charge in [-0.05, 0) is 18.2 Å². The Balaban J connectivity index is 1.65. The fraction of sp³-hybridized carbons (Fsp3) is 0.263. The Hall–Kier alpha value is -3.48. The van der Waals surface area contributed by atoms with Gasteiger partial charge in [0.1, 0.15) is 6.04 Å².